The molecule has 0 bridgehead atoms. The molecule has 0 unspecified atom stereocenters. The number of hydrogen-bond donors (Lipinski definition) is 4. The number of aliphatic hydroxyl groups excluding tert-OH is 2. The normalized spacial score (nSPS) is 7.75. The Hall–Kier alpha value is 0.236. The van der Waals surface area contributed by atoms with Gasteiger partial charge in [-0.2, -0.15) is 0 Å². The van der Waals surface area contributed by atoms with Crippen LogP contribution in [0, 0.1) is 0 Å². The van der Waals surface area contributed by atoms with E-state index in [1.54, 1.807) is 0 Å². The van der Waals surface area contributed by atoms with Crippen molar-refractivity contribution in [1.29, 1.82) is 0 Å². The number of nitrogens with one attached hydrogen (secondary N) is 1. The van der Waals surface area contributed by atoms with Gasteiger partial charge in [0.1, 0.15) is 0 Å². The van der Waals surface area contributed by atoms with Gasteiger partial charge in [-0.15, -0.1) is 0 Å². The molecule has 0 fully saturated rings. The SMILES string of the molecule is NC(O)=S.OC(=S)NCc1ccccc1.[KH]. The first-order valence-corrected chi connectivity index (χ1v) is 4.83. The van der Waals surface area contributed by atoms with Gasteiger partial charge in [0, 0.05) is 6.54 Å². The molecule has 0 aliphatic carbocycles. The standard InChI is InChI=1S/C8H9NOS.CH3NOS.K.H/c10-8(11)9-6-7-4-2-1-3-5-7;2-1(3)4;;/h1-5H,6H2,(H2,9,10,11);(H3,2,3,4);;. The number of hydrogen-bond acceptors (Lipinski definition) is 2. The Labute approximate surface area is 148 Å². The van der Waals surface area contributed by atoms with Crippen LogP contribution in [0.15, 0.2) is 30.3 Å². The van der Waals surface area contributed by atoms with Gasteiger partial charge in [0.2, 0.25) is 0 Å². The van der Waals surface area contributed by atoms with Crippen LogP contribution in [0.5, 0.6) is 0 Å². The molecule has 0 amide bonds. The van der Waals surface area contributed by atoms with E-state index in [-0.39, 0.29) is 56.6 Å². The Kier molecular flexibility index (Phi) is 13.6. The molecule has 84 valence electrons. The summed E-state index contributed by atoms with van der Waals surface area (Å²) in [5, 5.41) is 18.2. The zero-order valence-corrected chi connectivity index (χ0v) is 9.52. The average Bonchev–Trinajstić information content (AvgIpc) is 2.15. The van der Waals surface area contributed by atoms with Crippen LogP contribution >= 0.6 is 24.4 Å². The summed E-state index contributed by atoms with van der Waals surface area (Å²) in [5.74, 6) is 0. The Bertz CT molecular complexity index is 319. The van der Waals surface area contributed by atoms with E-state index < -0.39 is 5.17 Å². The van der Waals surface area contributed by atoms with Crippen LogP contribution in [0.1, 0.15) is 5.56 Å². The molecule has 0 atom stereocenters. The van der Waals surface area contributed by atoms with Gasteiger partial charge in [-0.05, 0) is 30.0 Å². The number of benzene rings is 1. The fourth-order valence-electron chi connectivity index (χ4n) is 0.774. The average molecular weight is 284 g/mol. The van der Waals surface area contributed by atoms with Gasteiger partial charge >= 0.3 is 51.4 Å². The van der Waals surface area contributed by atoms with E-state index in [2.05, 4.69) is 35.5 Å². The van der Waals surface area contributed by atoms with E-state index in [1.165, 1.54) is 0 Å². The van der Waals surface area contributed by atoms with Crippen LogP contribution in [-0.2, 0) is 6.54 Å². The molecular weight excluding hydrogens is 271 g/mol. The molecule has 0 aliphatic rings. The van der Waals surface area contributed by atoms with Crippen molar-refractivity contribution in [2.75, 3.05) is 0 Å². The van der Waals surface area contributed by atoms with E-state index in [9.17, 15) is 0 Å². The molecule has 0 saturated heterocycles. The molecule has 0 aromatic heterocycles. The Morgan fingerprint density at radius 1 is 1.19 bits per heavy atom. The van der Waals surface area contributed by atoms with Gasteiger partial charge in [0.25, 0.3) is 10.3 Å². The molecule has 0 radical (unpaired) electrons. The molecule has 0 aliphatic heterocycles. The minimum absolute atomic E-state index is 0. The fourth-order valence-corrected chi connectivity index (χ4v) is 0.846. The third-order valence-electron chi connectivity index (χ3n) is 1.29. The zero-order valence-electron chi connectivity index (χ0n) is 7.88. The number of thiocarbonyl (C=S) groups is 2. The molecule has 16 heavy (non-hydrogen) atoms. The Morgan fingerprint density at radius 3 is 2.00 bits per heavy atom. The summed E-state index contributed by atoms with van der Waals surface area (Å²) >= 11 is 8.31. The van der Waals surface area contributed by atoms with Crippen LogP contribution in [0.2, 0.25) is 0 Å². The van der Waals surface area contributed by atoms with Gasteiger partial charge in [-0.1, -0.05) is 30.3 Å². The predicted octanol–water partition coefficient (Wildman–Crippen LogP) is 0.759. The molecule has 0 saturated carbocycles. The van der Waals surface area contributed by atoms with Crippen molar-refractivity contribution in [2.45, 2.75) is 6.54 Å². The van der Waals surface area contributed by atoms with Crippen molar-refractivity contribution >= 4 is 86.2 Å². The third-order valence-corrected chi connectivity index (χ3v) is 1.43. The Balaban J connectivity index is 0. The monoisotopic (exact) mass is 284 g/mol. The second-order valence-corrected chi connectivity index (χ2v) is 3.29. The van der Waals surface area contributed by atoms with Gasteiger partial charge in [0.05, 0.1) is 0 Å². The van der Waals surface area contributed by atoms with E-state index in [0.29, 0.717) is 6.54 Å². The number of rotatable bonds is 2. The summed E-state index contributed by atoms with van der Waals surface area (Å²) < 4.78 is 0. The maximum atomic E-state index is 8.63. The zero-order chi connectivity index (χ0) is 11.7. The maximum absolute atomic E-state index is 8.63. The minimum atomic E-state index is -0.500. The fraction of sp³-hybridized carbons (Fsp3) is 0.111. The first kappa shape index (κ1) is 18.6. The van der Waals surface area contributed by atoms with Crippen molar-refractivity contribution in [2.24, 2.45) is 5.73 Å². The first-order valence-electron chi connectivity index (χ1n) is 4.01. The van der Waals surface area contributed by atoms with Crippen molar-refractivity contribution in [3.8, 4) is 0 Å². The molecule has 0 spiro atoms. The van der Waals surface area contributed by atoms with Crippen molar-refractivity contribution in [3.63, 3.8) is 0 Å². The number of nitrogens with two attached hydrogens (primary N) is 1. The summed E-state index contributed by atoms with van der Waals surface area (Å²) in [6.07, 6.45) is 0. The van der Waals surface area contributed by atoms with Crippen molar-refractivity contribution in [3.05, 3.63) is 35.9 Å². The van der Waals surface area contributed by atoms with Crippen LogP contribution in [0.4, 0.5) is 0 Å². The van der Waals surface area contributed by atoms with Gasteiger partial charge in [0.15, 0.2) is 0 Å². The quantitative estimate of drug-likeness (QED) is 0.474. The van der Waals surface area contributed by atoms with Crippen LogP contribution in [0.3, 0.4) is 0 Å². The molecule has 5 N–H and O–H groups in total. The van der Waals surface area contributed by atoms with Gasteiger partial charge < -0.3 is 21.3 Å². The third kappa shape index (κ3) is 14.2. The van der Waals surface area contributed by atoms with Crippen molar-refractivity contribution < 1.29 is 10.2 Å². The second kappa shape index (κ2) is 11.7. The summed E-state index contributed by atoms with van der Waals surface area (Å²) in [7, 11) is 0. The first-order chi connectivity index (χ1) is 7.02. The van der Waals surface area contributed by atoms with Gasteiger partial charge in [-0.3, -0.25) is 0 Å². The number of aliphatic hydroxyl groups is 2. The summed E-state index contributed by atoms with van der Waals surface area (Å²) in [6, 6.07) is 9.76. The van der Waals surface area contributed by atoms with Crippen LogP contribution in [0.25, 0.3) is 0 Å². The molecule has 0 heterocycles. The van der Waals surface area contributed by atoms with E-state index >= 15 is 0 Å². The topological polar surface area (TPSA) is 78.5 Å². The summed E-state index contributed by atoms with van der Waals surface area (Å²) in [6.45, 7) is 0.580. The molecule has 1 aromatic carbocycles. The van der Waals surface area contributed by atoms with Gasteiger partial charge in [-0.25, -0.2) is 0 Å². The Morgan fingerprint density at radius 2 is 1.62 bits per heavy atom. The molecular formula is C9H13KN2O2S2. The van der Waals surface area contributed by atoms with Crippen LogP contribution < -0.4 is 11.1 Å². The second-order valence-electron chi connectivity index (χ2n) is 2.48. The molecule has 1 rings (SSSR count). The summed E-state index contributed by atoms with van der Waals surface area (Å²) in [5.41, 5.74) is 5.50. The van der Waals surface area contributed by atoms with E-state index in [4.69, 9.17) is 10.2 Å². The van der Waals surface area contributed by atoms with Crippen LogP contribution in [-0.4, -0.2) is 71.9 Å². The molecule has 1 aromatic rings. The molecule has 4 nitrogen and oxygen atoms in total. The van der Waals surface area contributed by atoms with E-state index in [0.717, 1.165) is 5.56 Å². The molecule has 7 heteroatoms. The van der Waals surface area contributed by atoms with Crippen molar-refractivity contribution in [1.82, 2.24) is 5.32 Å². The summed E-state index contributed by atoms with van der Waals surface area (Å²) in [4.78, 5) is 0. The van der Waals surface area contributed by atoms with E-state index in [1.807, 2.05) is 30.3 Å². The predicted molar refractivity (Wildman–Crippen MR) is 75.1 cm³/mol.